The minimum atomic E-state index is 0.330. The van der Waals surface area contributed by atoms with E-state index in [9.17, 15) is 0 Å². The van der Waals surface area contributed by atoms with Crippen molar-refractivity contribution in [3.8, 4) is 0 Å². The van der Waals surface area contributed by atoms with Crippen molar-refractivity contribution in [1.29, 1.82) is 0 Å². The van der Waals surface area contributed by atoms with Gasteiger partial charge >= 0.3 is 0 Å². The Morgan fingerprint density at radius 2 is 1.75 bits per heavy atom. The number of ether oxygens (including phenoxy) is 1. The molecule has 0 saturated heterocycles. The number of aliphatic hydroxyl groups is 1. The molecule has 98 valence electrons. The second-order valence-corrected chi connectivity index (χ2v) is 4.68. The summed E-state index contributed by atoms with van der Waals surface area (Å²) in [6, 6.07) is 0. The van der Waals surface area contributed by atoms with Crippen LogP contribution in [0, 0.1) is 5.92 Å². The molecule has 0 aliphatic heterocycles. The van der Waals surface area contributed by atoms with E-state index in [2.05, 4.69) is 19.2 Å². The number of nitrogens with one attached hydrogen (secondary N) is 1. The summed E-state index contributed by atoms with van der Waals surface area (Å²) in [6.07, 6.45) is 5.65. The molecule has 0 fully saturated rings. The average Bonchev–Trinajstić information content (AvgIpc) is 2.25. The van der Waals surface area contributed by atoms with Crippen molar-refractivity contribution < 1.29 is 9.84 Å². The molecule has 0 aromatic heterocycles. The third-order valence-corrected chi connectivity index (χ3v) is 2.52. The molecular weight excluding hydrogens is 202 g/mol. The molecule has 3 heteroatoms. The van der Waals surface area contributed by atoms with Gasteiger partial charge in [0.1, 0.15) is 0 Å². The largest absolute Gasteiger partial charge is 0.396 e. The molecule has 0 aliphatic carbocycles. The molecule has 3 nitrogen and oxygen atoms in total. The van der Waals surface area contributed by atoms with E-state index in [-0.39, 0.29) is 0 Å². The predicted molar refractivity (Wildman–Crippen MR) is 68.7 cm³/mol. The van der Waals surface area contributed by atoms with E-state index in [1.807, 2.05) is 0 Å². The molecule has 0 aromatic carbocycles. The highest BCUT2D eigenvalue weighted by atomic mass is 16.5. The Balaban J connectivity index is 2.88. The van der Waals surface area contributed by atoms with E-state index in [1.165, 1.54) is 12.8 Å². The number of hydrogen-bond donors (Lipinski definition) is 2. The Morgan fingerprint density at radius 3 is 2.44 bits per heavy atom. The van der Waals surface area contributed by atoms with Gasteiger partial charge in [0.05, 0.1) is 6.61 Å². The standard InChI is InChI=1S/C13H29NO2/c1-13(2)7-11-16-12-9-14-8-5-3-4-6-10-15/h13-15H,3-12H2,1-2H3. The fraction of sp³-hybridized carbons (Fsp3) is 1.00. The second-order valence-electron chi connectivity index (χ2n) is 4.68. The molecule has 0 radical (unpaired) electrons. The average molecular weight is 231 g/mol. The second kappa shape index (κ2) is 12.9. The highest BCUT2D eigenvalue weighted by molar-refractivity contribution is 4.49. The quantitative estimate of drug-likeness (QED) is 0.506. The molecular formula is C13H29NO2. The third kappa shape index (κ3) is 13.9. The number of unbranched alkanes of at least 4 members (excludes halogenated alkanes) is 3. The highest BCUT2D eigenvalue weighted by Crippen LogP contribution is 1.98. The lowest BCUT2D eigenvalue weighted by Crippen LogP contribution is -2.21. The SMILES string of the molecule is CC(C)CCOCCNCCCCCCO. The maximum atomic E-state index is 8.60. The molecule has 16 heavy (non-hydrogen) atoms. The summed E-state index contributed by atoms with van der Waals surface area (Å²) >= 11 is 0. The van der Waals surface area contributed by atoms with Crippen LogP contribution < -0.4 is 5.32 Å². The first-order valence-corrected chi connectivity index (χ1v) is 6.66. The van der Waals surface area contributed by atoms with Crippen molar-refractivity contribution in [2.45, 2.75) is 46.0 Å². The molecule has 0 aliphatic rings. The summed E-state index contributed by atoms with van der Waals surface area (Å²) < 4.78 is 5.49. The normalized spacial score (nSPS) is 11.2. The van der Waals surface area contributed by atoms with Crippen LogP contribution in [-0.2, 0) is 4.74 Å². The van der Waals surface area contributed by atoms with E-state index in [0.717, 1.165) is 51.5 Å². The van der Waals surface area contributed by atoms with Crippen LogP contribution in [0.2, 0.25) is 0 Å². The molecule has 0 spiro atoms. The summed E-state index contributed by atoms with van der Waals surface area (Å²) in [6.45, 7) is 8.50. The predicted octanol–water partition coefficient (Wildman–Crippen LogP) is 2.19. The Labute approximate surface area is 101 Å². The fourth-order valence-corrected chi connectivity index (χ4v) is 1.41. The summed E-state index contributed by atoms with van der Waals surface area (Å²) in [5.41, 5.74) is 0. The lowest BCUT2D eigenvalue weighted by molar-refractivity contribution is 0.125. The van der Waals surface area contributed by atoms with Crippen LogP contribution in [-0.4, -0.2) is 38.0 Å². The van der Waals surface area contributed by atoms with Gasteiger partial charge in [0.2, 0.25) is 0 Å². The van der Waals surface area contributed by atoms with Crippen molar-refractivity contribution in [3.63, 3.8) is 0 Å². The lowest BCUT2D eigenvalue weighted by Gasteiger charge is -2.07. The van der Waals surface area contributed by atoms with Gasteiger partial charge in [0, 0.05) is 19.8 Å². The van der Waals surface area contributed by atoms with Gasteiger partial charge in [-0.3, -0.25) is 0 Å². The first-order chi connectivity index (χ1) is 7.77. The molecule has 0 saturated carbocycles. The van der Waals surface area contributed by atoms with Gasteiger partial charge in [-0.1, -0.05) is 26.7 Å². The minimum absolute atomic E-state index is 0.330. The van der Waals surface area contributed by atoms with Crippen LogP contribution in [0.3, 0.4) is 0 Å². The van der Waals surface area contributed by atoms with E-state index >= 15 is 0 Å². The summed E-state index contributed by atoms with van der Waals surface area (Å²) in [7, 11) is 0. The molecule has 0 rings (SSSR count). The molecule has 0 unspecified atom stereocenters. The van der Waals surface area contributed by atoms with Crippen LogP contribution in [0.25, 0.3) is 0 Å². The van der Waals surface area contributed by atoms with Crippen LogP contribution in [0.4, 0.5) is 0 Å². The summed E-state index contributed by atoms with van der Waals surface area (Å²) in [5.74, 6) is 0.736. The Bertz CT molecular complexity index is 129. The molecule has 0 amide bonds. The van der Waals surface area contributed by atoms with Crippen LogP contribution in [0.1, 0.15) is 46.0 Å². The smallest absolute Gasteiger partial charge is 0.0590 e. The zero-order valence-corrected chi connectivity index (χ0v) is 11.0. The van der Waals surface area contributed by atoms with Crippen LogP contribution in [0.5, 0.6) is 0 Å². The first kappa shape index (κ1) is 15.9. The Hall–Kier alpha value is -0.120. The molecule has 2 N–H and O–H groups in total. The minimum Gasteiger partial charge on any atom is -0.396 e. The van der Waals surface area contributed by atoms with Gasteiger partial charge in [-0.15, -0.1) is 0 Å². The van der Waals surface area contributed by atoms with Crippen molar-refractivity contribution in [2.75, 3.05) is 32.9 Å². The number of hydrogen-bond acceptors (Lipinski definition) is 3. The van der Waals surface area contributed by atoms with Gasteiger partial charge in [-0.2, -0.15) is 0 Å². The highest BCUT2D eigenvalue weighted by Gasteiger charge is 1.94. The zero-order chi connectivity index (χ0) is 12.1. The van der Waals surface area contributed by atoms with Crippen molar-refractivity contribution in [2.24, 2.45) is 5.92 Å². The topological polar surface area (TPSA) is 41.5 Å². The van der Waals surface area contributed by atoms with E-state index in [0.29, 0.717) is 6.61 Å². The van der Waals surface area contributed by atoms with Gasteiger partial charge in [-0.05, 0) is 31.7 Å². The number of rotatable bonds is 12. The Kier molecular flexibility index (Phi) is 12.9. The van der Waals surface area contributed by atoms with Crippen LogP contribution in [0.15, 0.2) is 0 Å². The maximum absolute atomic E-state index is 8.60. The molecule has 0 heterocycles. The van der Waals surface area contributed by atoms with E-state index in [4.69, 9.17) is 9.84 Å². The van der Waals surface area contributed by atoms with E-state index in [1.54, 1.807) is 0 Å². The third-order valence-electron chi connectivity index (χ3n) is 2.52. The molecule has 0 bridgehead atoms. The maximum Gasteiger partial charge on any atom is 0.0590 e. The van der Waals surface area contributed by atoms with E-state index < -0.39 is 0 Å². The van der Waals surface area contributed by atoms with Crippen molar-refractivity contribution in [3.05, 3.63) is 0 Å². The van der Waals surface area contributed by atoms with Gasteiger partial charge in [-0.25, -0.2) is 0 Å². The summed E-state index contributed by atoms with van der Waals surface area (Å²) in [5, 5.41) is 12.0. The lowest BCUT2D eigenvalue weighted by atomic mass is 10.1. The zero-order valence-electron chi connectivity index (χ0n) is 11.0. The fourth-order valence-electron chi connectivity index (χ4n) is 1.41. The molecule has 0 aromatic rings. The molecule has 0 atom stereocenters. The van der Waals surface area contributed by atoms with Gasteiger partial charge in [0.25, 0.3) is 0 Å². The Morgan fingerprint density at radius 1 is 1.00 bits per heavy atom. The number of aliphatic hydroxyl groups excluding tert-OH is 1. The van der Waals surface area contributed by atoms with Crippen molar-refractivity contribution in [1.82, 2.24) is 5.32 Å². The van der Waals surface area contributed by atoms with Gasteiger partial charge in [0.15, 0.2) is 0 Å². The van der Waals surface area contributed by atoms with Crippen molar-refractivity contribution >= 4 is 0 Å². The monoisotopic (exact) mass is 231 g/mol. The van der Waals surface area contributed by atoms with Crippen LogP contribution >= 0.6 is 0 Å². The summed E-state index contributed by atoms with van der Waals surface area (Å²) in [4.78, 5) is 0. The first-order valence-electron chi connectivity index (χ1n) is 6.66. The van der Waals surface area contributed by atoms with Gasteiger partial charge < -0.3 is 15.2 Å².